The van der Waals surface area contributed by atoms with Gasteiger partial charge in [0.25, 0.3) is 0 Å². The van der Waals surface area contributed by atoms with Crippen LogP contribution in [0.15, 0.2) is 34.9 Å². The summed E-state index contributed by atoms with van der Waals surface area (Å²) in [5.74, 6) is 1.10. The average Bonchev–Trinajstić information content (AvgIpc) is 3.47. The van der Waals surface area contributed by atoms with Crippen LogP contribution in [0.1, 0.15) is 71.6 Å². The molecule has 1 aliphatic carbocycles. The number of amides is 2. The Morgan fingerprint density at radius 1 is 1.09 bits per heavy atom. The summed E-state index contributed by atoms with van der Waals surface area (Å²) < 4.78 is 5.66. The lowest BCUT2D eigenvalue weighted by atomic mass is 9.92. The highest BCUT2D eigenvalue weighted by Gasteiger charge is 2.42. The van der Waals surface area contributed by atoms with Gasteiger partial charge < -0.3 is 20.1 Å². The molecule has 2 heterocycles. The van der Waals surface area contributed by atoms with Crippen molar-refractivity contribution in [2.75, 3.05) is 13.1 Å². The molecule has 2 amide bonds. The summed E-state index contributed by atoms with van der Waals surface area (Å²) in [5, 5.41) is 10.4. The lowest BCUT2D eigenvalue weighted by Crippen LogP contribution is -2.41. The van der Waals surface area contributed by atoms with Crippen molar-refractivity contribution in [3.63, 3.8) is 0 Å². The van der Waals surface area contributed by atoms with E-state index in [0.717, 1.165) is 31.5 Å². The van der Waals surface area contributed by atoms with Gasteiger partial charge in [0.2, 0.25) is 23.5 Å². The van der Waals surface area contributed by atoms with Gasteiger partial charge in [-0.2, -0.15) is 4.98 Å². The molecular weight excluding hydrogens is 442 g/mol. The van der Waals surface area contributed by atoms with E-state index in [1.54, 1.807) is 0 Å². The number of benzene rings is 1. The summed E-state index contributed by atoms with van der Waals surface area (Å²) in [4.78, 5) is 33.0. The summed E-state index contributed by atoms with van der Waals surface area (Å²) in [6.45, 7) is 10.4. The first-order valence-electron chi connectivity index (χ1n) is 13.0. The quantitative estimate of drug-likeness (QED) is 0.596. The van der Waals surface area contributed by atoms with Gasteiger partial charge in [0, 0.05) is 36.0 Å². The Balaban J connectivity index is 1.43. The van der Waals surface area contributed by atoms with E-state index in [4.69, 9.17) is 4.52 Å². The zero-order valence-corrected chi connectivity index (χ0v) is 21.4. The predicted molar refractivity (Wildman–Crippen MR) is 134 cm³/mol. The molecule has 2 fully saturated rings. The number of likely N-dealkylation sites (tertiary alicyclic amines) is 1. The van der Waals surface area contributed by atoms with Gasteiger partial charge in [-0.05, 0) is 72.4 Å². The first kappa shape index (κ1) is 25.4. The largest absolute Gasteiger partial charge is 0.354 e. The van der Waals surface area contributed by atoms with Crippen molar-refractivity contribution in [2.45, 2.75) is 83.8 Å². The molecular formula is C27H39N5O3. The molecule has 1 aromatic carbocycles. The Labute approximate surface area is 208 Å². The first-order chi connectivity index (χ1) is 16.8. The van der Waals surface area contributed by atoms with Crippen molar-refractivity contribution in [3.8, 4) is 11.4 Å². The topological polar surface area (TPSA) is 100 Å². The van der Waals surface area contributed by atoms with Crippen LogP contribution in [0.5, 0.6) is 0 Å². The third-order valence-electron chi connectivity index (χ3n) is 7.36. The first-order valence-corrected chi connectivity index (χ1v) is 13.0. The molecule has 2 aliphatic rings. The second-order valence-corrected chi connectivity index (χ2v) is 10.7. The van der Waals surface area contributed by atoms with Gasteiger partial charge in [-0.25, -0.2) is 0 Å². The number of rotatable bonds is 8. The number of hydrogen-bond acceptors (Lipinski definition) is 6. The van der Waals surface area contributed by atoms with Crippen LogP contribution in [-0.2, 0) is 9.59 Å². The summed E-state index contributed by atoms with van der Waals surface area (Å²) in [5.41, 5.74) is 0.878. The average molecular weight is 482 g/mol. The molecule has 8 nitrogen and oxygen atoms in total. The predicted octanol–water partition coefficient (Wildman–Crippen LogP) is 3.75. The maximum Gasteiger partial charge on any atom is 0.232 e. The van der Waals surface area contributed by atoms with Crippen LogP contribution in [0.3, 0.4) is 0 Å². The minimum absolute atomic E-state index is 0.0191. The van der Waals surface area contributed by atoms with E-state index in [2.05, 4.69) is 39.5 Å². The second kappa shape index (κ2) is 11.3. The smallest absolute Gasteiger partial charge is 0.232 e. The van der Waals surface area contributed by atoms with Gasteiger partial charge in [0.15, 0.2) is 0 Å². The third kappa shape index (κ3) is 6.48. The Hall–Kier alpha value is -2.74. The van der Waals surface area contributed by atoms with E-state index in [-0.39, 0.29) is 35.7 Å². The van der Waals surface area contributed by atoms with Crippen molar-refractivity contribution in [3.05, 3.63) is 36.2 Å². The number of hydrogen-bond donors (Lipinski definition) is 2. The Morgan fingerprint density at radius 3 is 2.46 bits per heavy atom. The zero-order chi connectivity index (χ0) is 24.9. The van der Waals surface area contributed by atoms with Crippen LogP contribution < -0.4 is 10.6 Å². The molecule has 4 rings (SSSR count). The van der Waals surface area contributed by atoms with Gasteiger partial charge in [-0.3, -0.25) is 9.59 Å². The fraction of sp³-hybridized carbons (Fsp3) is 0.630. The fourth-order valence-electron chi connectivity index (χ4n) is 5.38. The Kier molecular flexibility index (Phi) is 8.21. The molecule has 1 saturated heterocycles. The molecule has 0 spiro atoms. The van der Waals surface area contributed by atoms with Crippen LogP contribution in [0, 0.1) is 11.8 Å². The molecule has 1 saturated carbocycles. The lowest BCUT2D eigenvalue weighted by Gasteiger charge is -2.34. The van der Waals surface area contributed by atoms with E-state index in [0.29, 0.717) is 42.9 Å². The normalized spacial score (nSPS) is 23.7. The van der Waals surface area contributed by atoms with Crippen molar-refractivity contribution in [2.24, 2.45) is 11.8 Å². The lowest BCUT2D eigenvalue weighted by molar-refractivity contribution is -0.126. The summed E-state index contributed by atoms with van der Waals surface area (Å²) in [6.07, 6.45) is 3.76. The highest BCUT2D eigenvalue weighted by molar-refractivity contribution is 5.80. The number of nitrogens with zero attached hydrogens (tertiary/aromatic N) is 3. The van der Waals surface area contributed by atoms with Crippen LogP contribution in [-0.4, -0.2) is 58.1 Å². The number of aromatic nitrogens is 2. The van der Waals surface area contributed by atoms with Crippen molar-refractivity contribution >= 4 is 11.8 Å². The second-order valence-electron chi connectivity index (χ2n) is 10.7. The van der Waals surface area contributed by atoms with Crippen molar-refractivity contribution in [1.82, 2.24) is 25.7 Å². The maximum atomic E-state index is 13.0. The van der Waals surface area contributed by atoms with E-state index in [9.17, 15) is 9.59 Å². The number of carbonyl (C=O) groups is 2. The molecule has 3 atom stereocenters. The number of carbonyl (C=O) groups excluding carboxylic acids is 2. The van der Waals surface area contributed by atoms with Crippen LogP contribution in [0.25, 0.3) is 11.4 Å². The summed E-state index contributed by atoms with van der Waals surface area (Å²) in [6, 6.07) is 10.1. The number of nitrogens with one attached hydrogen (secondary N) is 2. The monoisotopic (exact) mass is 481 g/mol. The molecule has 8 heteroatoms. The molecule has 35 heavy (non-hydrogen) atoms. The highest BCUT2D eigenvalue weighted by atomic mass is 16.5. The SMILES string of the molecule is CC(C)NC(=O)[C@H]1C[C@H](NC(=O)CC2CCN(C(C)C)CC2)[C@H](c2nc(-c3ccccc3)no2)C1. The van der Waals surface area contributed by atoms with Crippen molar-refractivity contribution in [1.29, 1.82) is 0 Å². The summed E-state index contributed by atoms with van der Waals surface area (Å²) in [7, 11) is 0. The fourth-order valence-corrected chi connectivity index (χ4v) is 5.38. The zero-order valence-electron chi connectivity index (χ0n) is 21.4. The van der Waals surface area contributed by atoms with Crippen LogP contribution in [0.4, 0.5) is 0 Å². The van der Waals surface area contributed by atoms with E-state index in [1.165, 1.54) is 0 Å². The molecule has 0 bridgehead atoms. The van der Waals surface area contributed by atoms with Crippen LogP contribution >= 0.6 is 0 Å². The van der Waals surface area contributed by atoms with Gasteiger partial charge in [0.05, 0.1) is 5.92 Å². The molecule has 2 N–H and O–H groups in total. The third-order valence-corrected chi connectivity index (χ3v) is 7.36. The minimum atomic E-state index is -0.203. The van der Waals surface area contributed by atoms with E-state index < -0.39 is 0 Å². The van der Waals surface area contributed by atoms with Gasteiger partial charge in [-0.15, -0.1) is 0 Å². The molecule has 1 aromatic heterocycles. The number of piperidine rings is 1. The van der Waals surface area contributed by atoms with Crippen LogP contribution in [0.2, 0.25) is 0 Å². The van der Waals surface area contributed by atoms with E-state index >= 15 is 0 Å². The Bertz CT molecular complexity index is 982. The summed E-state index contributed by atoms with van der Waals surface area (Å²) >= 11 is 0. The van der Waals surface area contributed by atoms with E-state index in [1.807, 2.05) is 44.2 Å². The highest BCUT2D eigenvalue weighted by Crippen LogP contribution is 2.39. The molecule has 2 aromatic rings. The standard InChI is InChI=1S/C27H39N5O3/c1-17(2)28-26(34)21-15-22(27-30-25(31-35-27)20-8-6-5-7-9-20)23(16-21)29-24(33)14-19-10-12-32(13-11-19)18(3)4/h5-9,17-19,21-23H,10-16H2,1-4H3,(H,28,34)(H,29,33)/t21-,22-,23+/m1/s1. The maximum absolute atomic E-state index is 13.0. The molecule has 190 valence electrons. The van der Waals surface area contributed by atoms with Gasteiger partial charge in [-0.1, -0.05) is 35.5 Å². The van der Waals surface area contributed by atoms with Gasteiger partial charge >= 0.3 is 0 Å². The molecule has 1 aliphatic heterocycles. The van der Waals surface area contributed by atoms with Gasteiger partial charge in [0.1, 0.15) is 0 Å². The Morgan fingerprint density at radius 2 is 1.80 bits per heavy atom. The van der Waals surface area contributed by atoms with Crippen molar-refractivity contribution < 1.29 is 14.1 Å². The molecule has 0 radical (unpaired) electrons. The minimum Gasteiger partial charge on any atom is -0.354 e. The molecule has 0 unspecified atom stereocenters.